The van der Waals surface area contributed by atoms with E-state index in [0.717, 1.165) is 15.6 Å². The van der Waals surface area contributed by atoms with Crippen LogP contribution in [0.2, 0.25) is 0 Å². The van der Waals surface area contributed by atoms with Crippen molar-refractivity contribution in [3.05, 3.63) is 69.7 Å². The van der Waals surface area contributed by atoms with Crippen LogP contribution in [-0.2, 0) is 16.1 Å². The zero-order valence-electron chi connectivity index (χ0n) is 14.8. The molecule has 0 saturated carbocycles. The Morgan fingerprint density at radius 3 is 2.46 bits per heavy atom. The van der Waals surface area contributed by atoms with E-state index in [4.69, 9.17) is 4.74 Å². The summed E-state index contributed by atoms with van der Waals surface area (Å²) in [6, 6.07) is 13.5. The Morgan fingerprint density at radius 2 is 1.88 bits per heavy atom. The first-order chi connectivity index (χ1) is 12.4. The van der Waals surface area contributed by atoms with Crippen molar-refractivity contribution < 1.29 is 19.4 Å². The number of aryl methyl sites for hydroxylation is 1. The van der Waals surface area contributed by atoms with Crippen LogP contribution < -0.4 is 0 Å². The van der Waals surface area contributed by atoms with E-state index >= 15 is 0 Å². The van der Waals surface area contributed by atoms with Crippen molar-refractivity contribution in [2.75, 3.05) is 6.54 Å². The van der Waals surface area contributed by atoms with Gasteiger partial charge in [0.1, 0.15) is 6.61 Å². The molecule has 6 heteroatoms. The molecule has 0 aliphatic heterocycles. The van der Waals surface area contributed by atoms with Gasteiger partial charge in [-0.05, 0) is 36.1 Å². The molecule has 26 heavy (non-hydrogen) atoms. The zero-order valence-corrected chi connectivity index (χ0v) is 16.4. The Kier molecular flexibility index (Phi) is 7.21. The highest BCUT2D eigenvalue weighted by atomic mass is 79.9. The fourth-order valence-electron chi connectivity index (χ4n) is 2.66. The number of hydrogen-bond acceptors (Lipinski definition) is 3. The van der Waals surface area contributed by atoms with Crippen molar-refractivity contribution in [1.29, 1.82) is 0 Å². The number of carboxylic acids is 1. The molecule has 138 valence electrons. The van der Waals surface area contributed by atoms with Gasteiger partial charge in [0.15, 0.2) is 6.04 Å². The summed E-state index contributed by atoms with van der Waals surface area (Å²) < 4.78 is 6.25. The minimum absolute atomic E-state index is 0.103. The molecule has 1 N–H and O–H groups in total. The zero-order chi connectivity index (χ0) is 19.1. The second-order valence-corrected chi connectivity index (χ2v) is 6.84. The molecule has 0 aliphatic carbocycles. The van der Waals surface area contributed by atoms with Crippen LogP contribution in [0, 0.1) is 6.92 Å². The molecular formula is C20H22BrNO4. The van der Waals surface area contributed by atoms with Crippen LogP contribution in [0.1, 0.15) is 36.1 Å². The Morgan fingerprint density at radius 1 is 1.19 bits per heavy atom. The molecule has 1 unspecified atom stereocenters. The fraction of sp³-hybridized carbons (Fsp3) is 0.300. The lowest BCUT2D eigenvalue weighted by Crippen LogP contribution is -2.39. The summed E-state index contributed by atoms with van der Waals surface area (Å²) in [5, 5.41) is 9.76. The monoisotopic (exact) mass is 419 g/mol. The number of hydrogen-bond donors (Lipinski definition) is 1. The molecule has 0 aliphatic rings. The summed E-state index contributed by atoms with van der Waals surface area (Å²) in [4.78, 5) is 25.8. The number of amides is 1. The van der Waals surface area contributed by atoms with E-state index < -0.39 is 18.1 Å². The Hall–Kier alpha value is -2.34. The average molecular weight is 420 g/mol. The van der Waals surface area contributed by atoms with Gasteiger partial charge < -0.3 is 9.84 Å². The quantitative estimate of drug-likeness (QED) is 0.690. The van der Waals surface area contributed by atoms with Gasteiger partial charge in [0, 0.05) is 11.0 Å². The second-order valence-electron chi connectivity index (χ2n) is 5.98. The minimum atomic E-state index is -1.09. The topological polar surface area (TPSA) is 66.8 Å². The van der Waals surface area contributed by atoms with Crippen molar-refractivity contribution >= 4 is 28.0 Å². The largest absolute Gasteiger partial charge is 0.479 e. The third-order valence-corrected chi connectivity index (χ3v) is 4.84. The van der Waals surface area contributed by atoms with E-state index in [1.807, 2.05) is 44.2 Å². The molecule has 0 fully saturated rings. The lowest BCUT2D eigenvalue weighted by atomic mass is 10.0. The van der Waals surface area contributed by atoms with Crippen LogP contribution in [0.4, 0.5) is 4.79 Å². The van der Waals surface area contributed by atoms with Crippen molar-refractivity contribution in [2.45, 2.75) is 32.9 Å². The van der Waals surface area contributed by atoms with Crippen LogP contribution >= 0.6 is 15.9 Å². The maximum absolute atomic E-state index is 12.6. The number of rotatable bonds is 7. The molecule has 0 saturated heterocycles. The van der Waals surface area contributed by atoms with Crippen LogP contribution in [-0.4, -0.2) is 28.6 Å². The molecule has 2 rings (SSSR count). The van der Waals surface area contributed by atoms with Crippen molar-refractivity contribution in [3.8, 4) is 0 Å². The van der Waals surface area contributed by atoms with Gasteiger partial charge in [-0.3, -0.25) is 4.90 Å². The predicted molar refractivity (Wildman–Crippen MR) is 103 cm³/mol. The van der Waals surface area contributed by atoms with Gasteiger partial charge in [0.05, 0.1) is 0 Å². The van der Waals surface area contributed by atoms with Crippen LogP contribution in [0.25, 0.3) is 0 Å². The predicted octanol–water partition coefficient (Wildman–Crippen LogP) is 4.93. The van der Waals surface area contributed by atoms with Crippen LogP contribution in [0.3, 0.4) is 0 Å². The van der Waals surface area contributed by atoms with Gasteiger partial charge in [-0.25, -0.2) is 9.59 Å². The third kappa shape index (κ3) is 5.08. The molecule has 0 aromatic heterocycles. The number of ether oxygens (including phenoxy) is 1. The van der Waals surface area contributed by atoms with E-state index in [-0.39, 0.29) is 6.61 Å². The Bertz CT molecular complexity index is 764. The molecule has 1 atom stereocenters. The fourth-order valence-corrected chi connectivity index (χ4v) is 2.91. The van der Waals surface area contributed by atoms with Gasteiger partial charge in [0.25, 0.3) is 0 Å². The number of carbonyl (C=O) groups excluding carboxylic acids is 1. The summed E-state index contributed by atoms with van der Waals surface area (Å²) in [7, 11) is 0. The Balaban J connectivity index is 2.23. The highest BCUT2D eigenvalue weighted by Crippen LogP contribution is 2.27. The molecule has 0 spiro atoms. The molecule has 0 radical (unpaired) electrons. The molecule has 0 bridgehead atoms. The minimum Gasteiger partial charge on any atom is -0.479 e. The van der Waals surface area contributed by atoms with E-state index in [1.54, 1.807) is 18.2 Å². The highest BCUT2D eigenvalue weighted by molar-refractivity contribution is 9.10. The summed E-state index contributed by atoms with van der Waals surface area (Å²) in [5.74, 6) is -1.09. The highest BCUT2D eigenvalue weighted by Gasteiger charge is 2.32. The number of carboxylic acid groups (broad SMARTS) is 1. The molecule has 0 heterocycles. The van der Waals surface area contributed by atoms with E-state index in [0.29, 0.717) is 18.5 Å². The van der Waals surface area contributed by atoms with Gasteiger partial charge in [-0.15, -0.1) is 0 Å². The maximum atomic E-state index is 12.6. The number of aliphatic carboxylic acids is 1. The lowest BCUT2D eigenvalue weighted by Gasteiger charge is -2.28. The SMILES string of the molecule is CCCN(C(=O)OCc1ccccc1)C(C(=O)O)c1ccc(Br)c(C)c1. The Labute approximate surface area is 161 Å². The smallest absolute Gasteiger partial charge is 0.411 e. The number of halogens is 1. The van der Waals surface area contributed by atoms with Crippen molar-refractivity contribution in [2.24, 2.45) is 0 Å². The second kappa shape index (κ2) is 9.38. The number of nitrogens with zero attached hydrogens (tertiary/aromatic N) is 1. The molecular weight excluding hydrogens is 398 g/mol. The van der Waals surface area contributed by atoms with Gasteiger partial charge in [0.2, 0.25) is 0 Å². The molecule has 2 aromatic rings. The maximum Gasteiger partial charge on any atom is 0.411 e. The van der Waals surface area contributed by atoms with Crippen LogP contribution in [0.15, 0.2) is 53.0 Å². The first-order valence-corrected chi connectivity index (χ1v) is 9.19. The van der Waals surface area contributed by atoms with Crippen molar-refractivity contribution in [3.63, 3.8) is 0 Å². The summed E-state index contributed by atoms with van der Waals surface area (Å²) in [5.41, 5.74) is 2.30. The molecule has 2 aromatic carbocycles. The number of carbonyl (C=O) groups is 2. The molecule has 1 amide bonds. The van der Waals surface area contributed by atoms with Gasteiger partial charge in [-0.2, -0.15) is 0 Å². The summed E-state index contributed by atoms with van der Waals surface area (Å²) >= 11 is 3.41. The van der Waals surface area contributed by atoms with E-state index in [1.165, 1.54) is 4.90 Å². The molecule has 5 nitrogen and oxygen atoms in total. The average Bonchev–Trinajstić information content (AvgIpc) is 2.63. The first-order valence-electron chi connectivity index (χ1n) is 8.40. The third-order valence-electron chi connectivity index (χ3n) is 3.95. The van der Waals surface area contributed by atoms with E-state index in [2.05, 4.69) is 15.9 Å². The first kappa shape index (κ1) is 20.0. The normalized spacial score (nSPS) is 11.7. The van der Waals surface area contributed by atoms with Gasteiger partial charge >= 0.3 is 12.1 Å². The number of benzene rings is 2. The van der Waals surface area contributed by atoms with Crippen LogP contribution in [0.5, 0.6) is 0 Å². The lowest BCUT2D eigenvalue weighted by molar-refractivity contribution is -0.143. The summed E-state index contributed by atoms with van der Waals surface area (Å²) in [6.07, 6.45) is -0.0108. The standard InChI is InChI=1S/C20H22BrNO4/c1-3-11-22(20(25)26-13-15-7-5-4-6-8-15)18(19(23)24)16-9-10-17(21)14(2)12-16/h4-10,12,18H,3,11,13H2,1-2H3,(H,23,24). The van der Waals surface area contributed by atoms with Crippen molar-refractivity contribution in [1.82, 2.24) is 4.90 Å². The summed E-state index contributed by atoms with van der Waals surface area (Å²) in [6.45, 7) is 4.17. The van der Waals surface area contributed by atoms with E-state index in [9.17, 15) is 14.7 Å². The van der Waals surface area contributed by atoms with Gasteiger partial charge in [-0.1, -0.05) is 65.3 Å².